The fraction of sp³-hybridized carbons (Fsp3) is 0.333. The van der Waals surface area contributed by atoms with Crippen LogP contribution in [-0.2, 0) is 24.6 Å². The van der Waals surface area contributed by atoms with Gasteiger partial charge in [-0.1, -0.05) is 53.9 Å². The molecule has 0 aliphatic heterocycles. The molecule has 0 aliphatic rings. The predicted molar refractivity (Wildman–Crippen MR) is 139 cm³/mol. The lowest BCUT2D eigenvalue weighted by atomic mass is 9.73. The minimum Gasteiger partial charge on any atom is -0.348 e. The van der Waals surface area contributed by atoms with E-state index >= 15 is 0 Å². The van der Waals surface area contributed by atoms with E-state index in [9.17, 15) is 31.1 Å². The highest BCUT2D eigenvalue weighted by atomic mass is 35.5. The molecular formula is C27H23Cl3F6N2O. The molecule has 3 aromatic rings. The number of carbonyl (C=O) groups is 1. The van der Waals surface area contributed by atoms with Crippen molar-refractivity contribution < 1.29 is 31.1 Å². The second-order valence-electron chi connectivity index (χ2n) is 8.99. The predicted octanol–water partition coefficient (Wildman–Crippen LogP) is 9.22. The molecule has 1 aromatic heterocycles. The molecule has 1 heterocycles. The Balaban J connectivity index is 1.79. The van der Waals surface area contributed by atoms with E-state index in [-0.39, 0.29) is 63.1 Å². The van der Waals surface area contributed by atoms with Crippen LogP contribution in [0.1, 0.15) is 58.8 Å². The zero-order chi connectivity index (χ0) is 29.0. The number of amides is 1. The van der Waals surface area contributed by atoms with Gasteiger partial charge in [0, 0.05) is 22.8 Å². The van der Waals surface area contributed by atoms with Gasteiger partial charge in [-0.3, -0.25) is 4.79 Å². The summed E-state index contributed by atoms with van der Waals surface area (Å²) in [5.74, 6) is -0.638. The second kappa shape index (κ2) is 12.4. The molecule has 0 radical (unpaired) electrons. The molecule has 1 unspecified atom stereocenters. The Hall–Kier alpha value is -2.49. The molecular weight excluding hydrogens is 589 g/mol. The van der Waals surface area contributed by atoms with Crippen LogP contribution >= 0.6 is 34.8 Å². The van der Waals surface area contributed by atoms with Crippen LogP contribution < -0.4 is 5.32 Å². The van der Waals surface area contributed by atoms with Crippen LogP contribution in [0.4, 0.5) is 26.3 Å². The largest absolute Gasteiger partial charge is 0.416 e. The lowest BCUT2D eigenvalue weighted by Crippen LogP contribution is -2.42. The number of alkyl halides is 6. The van der Waals surface area contributed by atoms with Gasteiger partial charge in [-0.05, 0) is 78.8 Å². The van der Waals surface area contributed by atoms with Crippen LogP contribution in [0.2, 0.25) is 15.2 Å². The van der Waals surface area contributed by atoms with Gasteiger partial charge in [-0.15, -0.1) is 0 Å². The van der Waals surface area contributed by atoms with Crippen molar-refractivity contribution in [3.63, 3.8) is 0 Å². The maximum Gasteiger partial charge on any atom is 0.416 e. The molecule has 12 heteroatoms. The summed E-state index contributed by atoms with van der Waals surface area (Å²) in [7, 11) is 0. The molecule has 39 heavy (non-hydrogen) atoms. The number of rotatable bonds is 9. The zero-order valence-corrected chi connectivity index (χ0v) is 22.8. The fourth-order valence-electron chi connectivity index (χ4n) is 4.44. The summed E-state index contributed by atoms with van der Waals surface area (Å²) in [5, 5.41) is 2.69. The molecule has 1 amide bonds. The average Bonchev–Trinajstić information content (AvgIpc) is 2.84. The van der Waals surface area contributed by atoms with E-state index in [1.54, 1.807) is 0 Å². The molecule has 0 aliphatic carbocycles. The molecule has 0 bridgehead atoms. The summed E-state index contributed by atoms with van der Waals surface area (Å²) in [4.78, 5) is 16.0. The first-order valence-electron chi connectivity index (χ1n) is 11.8. The first-order valence-corrected chi connectivity index (χ1v) is 12.9. The third-order valence-corrected chi connectivity index (χ3v) is 7.20. The zero-order valence-electron chi connectivity index (χ0n) is 20.5. The Morgan fingerprint density at radius 1 is 0.923 bits per heavy atom. The summed E-state index contributed by atoms with van der Waals surface area (Å²) in [6.07, 6.45) is -8.95. The van der Waals surface area contributed by atoms with Crippen molar-refractivity contribution in [2.24, 2.45) is 0 Å². The highest BCUT2D eigenvalue weighted by Gasteiger charge is 2.54. The van der Waals surface area contributed by atoms with Crippen LogP contribution in [0, 0.1) is 0 Å². The van der Waals surface area contributed by atoms with Crippen LogP contribution in [0.3, 0.4) is 0 Å². The number of nitrogens with one attached hydrogen (secondary N) is 1. The van der Waals surface area contributed by atoms with Crippen molar-refractivity contribution in [1.29, 1.82) is 0 Å². The van der Waals surface area contributed by atoms with E-state index in [0.29, 0.717) is 0 Å². The van der Waals surface area contributed by atoms with Crippen LogP contribution in [0.15, 0.2) is 54.7 Å². The Kier molecular flexibility index (Phi) is 9.83. The lowest BCUT2D eigenvalue weighted by Gasteiger charge is -2.36. The van der Waals surface area contributed by atoms with Gasteiger partial charge in [-0.25, -0.2) is 4.98 Å². The fourth-order valence-corrected chi connectivity index (χ4v) is 5.08. The van der Waals surface area contributed by atoms with Gasteiger partial charge >= 0.3 is 12.4 Å². The van der Waals surface area contributed by atoms with E-state index in [1.807, 2.05) is 0 Å². The Labute approximate surface area is 236 Å². The molecule has 2 aromatic carbocycles. The monoisotopic (exact) mass is 610 g/mol. The minimum atomic E-state index is -4.74. The average molecular weight is 612 g/mol. The Morgan fingerprint density at radius 2 is 1.59 bits per heavy atom. The van der Waals surface area contributed by atoms with E-state index < -0.39 is 35.8 Å². The summed E-state index contributed by atoms with van der Waals surface area (Å²) >= 11 is 17.6. The normalized spacial score (nSPS) is 13.7. The second-order valence-corrected chi connectivity index (χ2v) is 10.2. The maximum atomic E-state index is 14.3. The van der Waals surface area contributed by atoms with Gasteiger partial charge in [0.05, 0.1) is 16.5 Å². The van der Waals surface area contributed by atoms with Crippen molar-refractivity contribution in [1.82, 2.24) is 10.3 Å². The minimum absolute atomic E-state index is 0.0295. The lowest BCUT2D eigenvalue weighted by molar-refractivity contribution is -0.194. The number of nitrogens with zero attached hydrogens (tertiary/aromatic N) is 1. The Bertz CT molecular complexity index is 1290. The summed E-state index contributed by atoms with van der Waals surface area (Å²) in [6.45, 7) is 0.979. The van der Waals surface area contributed by atoms with Gasteiger partial charge < -0.3 is 5.32 Å². The number of aryl methyl sites for hydroxylation is 1. The van der Waals surface area contributed by atoms with Crippen molar-refractivity contribution in [2.75, 3.05) is 0 Å². The van der Waals surface area contributed by atoms with Gasteiger partial charge in [0.25, 0.3) is 5.91 Å². The third kappa shape index (κ3) is 7.58. The first kappa shape index (κ1) is 31.0. The van der Waals surface area contributed by atoms with Gasteiger partial charge in [-0.2, -0.15) is 26.3 Å². The van der Waals surface area contributed by atoms with Gasteiger partial charge in [0.1, 0.15) is 5.15 Å². The quantitative estimate of drug-likeness (QED) is 0.194. The molecule has 210 valence electrons. The van der Waals surface area contributed by atoms with E-state index in [4.69, 9.17) is 34.8 Å². The third-order valence-electron chi connectivity index (χ3n) is 6.54. The molecule has 3 nitrogen and oxygen atoms in total. The molecule has 1 N–H and O–H groups in total. The standard InChI is InChI=1S/C27H23Cl3F6N2O/c1-2-25(27(34,35)36,19-11-20(28)13-21(29)12-19)9-3-4-16-5-6-17(22(10-16)26(31,32)33)14-38-24(39)18-7-8-23(30)37-15-18/h5-8,10-13,15H,2-4,9,14H2,1H3,(H,38,39). The van der Waals surface area contributed by atoms with Crippen molar-refractivity contribution in [2.45, 2.75) is 56.9 Å². The summed E-state index contributed by atoms with van der Waals surface area (Å²) in [5.41, 5.74) is -3.19. The molecule has 0 spiro atoms. The van der Waals surface area contributed by atoms with Gasteiger partial charge in [0.2, 0.25) is 0 Å². The number of carbonyl (C=O) groups excluding carboxylic acids is 1. The number of benzene rings is 2. The molecule has 0 fully saturated rings. The Morgan fingerprint density at radius 3 is 2.13 bits per heavy atom. The van der Waals surface area contributed by atoms with Crippen LogP contribution in [0.25, 0.3) is 0 Å². The van der Waals surface area contributed by atoms with Crippen molar-refractivity contribution in [3.8, 4) is 0 Å². The molecule has 0 saturated carbocycles. The smallest absolute Gasteiger partial charge is 0.348 e. The van der Waals surface area contributed by atoms with E-state index in [1.165, 1.54) is 55.6 Å². The highest BCUT2D eigenvalue weighted by molar-refractivity contribution is 6.34. The van der Waals surface area contributed by atoms with Gasteiger partial charge in [0.15, 0.2) is 0 Å². The number of aromatic nitrogens is 1. The first-order chi connectivity index (χ1) is 18.2. The molecule has 3 rings (SSSR count). The number of pyridine rings is 1. The van der Waals surface area contributed by atoms with E-state index in [0.717, 1.165) is 6.07 Å². The summed E-state index contributed by atoms with van der Waals surface area (Å²) in [6, 6.07) is 10.1. The number of hydrogen-bond donors (Lipinski definition) is 1. The maximum absolute atomic E-state index is 14.3. The van der Waals surface area contributed by atoms with Crippen LogP contribution in [0.5, 0.6) is 0 Å². The highest BCUT2D eigenvalue weighted by Crippen LogP contribution is 2.48. The van der Waals surface area contributed by atoms with Crippen molar-refractivity contribution in [3.05, 3.63) is 97.7 Å². The SMILES string of the molecule is CCC(CCCc1ccc(CNC(=O)c2ccc(Cl)nc2)c(C(F)(F)F)c1)(c1cc(Cl)cc(Cl)c1)C(F)(F)F. The molecule has 1 atom stereocenters. The van der Waals surface area contributed by atoms with Crippen molar-refractivity contribution >= 4 is 40.7 Å². The number of hydrogen-bond acceptors (Lipinski definition) is 2. The van der Waals surface area contributed by atoms with E-state index in [2.05, 4.69) is 10.3 Å². The molecule has 0 saturated heterocycles. The van der Waals surface area contributed by atoms with Crippen LogP contribution in [-0.4, -0.2) is 17.1 Å². The number of halogens is 9. The summed E-state index contributed by atoms with van der Waals surface area (Å²) < 4.78 is 84.5. The topological polar surface area (TPSA) is 42.0 Å².